The summed E-state index contributed by atoms with van der Waals surface area (Å²) in [5.74, 6) is 0. The Morgan fingerprint density at radius 3 is 1.00 bits per heavy atom. The van der Waals surface area contributed by atoms with E-state index in [1.54, 1.807) is 0 Å². The molecule has 4 aromatic rings. The van der Waals surface area contributed by atoms with Crippen molar-refractivity contribution in [1.29, 1.82) is 0 Å². The molecule has 3 heteroatoms. The van der Waals surface area contributed by atoms with Gasteiger partial charge in [-0.25, -0.2) is 0 Å². The minimum absolute atomic E-state index is 1.09. The molecule has 134 valence electrons. The maximum atomic E-state index is 3.59. The highest BCUT2D eigenvalue weighted by Crippen LogP contribution is 2.73. The summed E-state index contributed by atoms with van der Waals surface area (Å²) in [5, 5.41) is 0. The van der Waals surface area contributed by atoms with Gasteiger partial charge < -0.3 is 0 Å². The standard InChI is InChI=1S/C24H18Br2S/c25-19-11-15-23(16-12-19)27(21-7-3-1-4-8-21,22-9-5-2-6-10-22)24-17-13-20(26)14-18-24/h1-18H. The van der Waals surface area contributed by atoms with Crippen LogP contribution in [0.4, 0.5) is 0 Å². The van der Waals surface area contributed by atoms with E-state index < -0.39 is 10.0 Å². The highest BCUT2D eigenvalue weighted by Gasteiger charge is 2.32. The molecule has 0 fully saturated rings. The third kappa shape index (κ3) is 3.52. The monoisotopic (exact) mass is 496 g/mol. The van der Waals surface area contributed by atoms with Crippen LogP contribution in [0.5, 0.6) is 0 Å². The molecule has 0 saturated heterocycles. The Bertz CT molecular complexity index is 924. The number of hydrogen-bond acceptors (Lipinski definition) is 0. The summed E-state index contributed by atoms with van der Waals surface area (Å²) in [7, 11) is -1.59. The largest absolute Gasteiger partial charge is 0.133 e. The molecular formula is C24H18Br2S. The van der Waals surface area contributed by atoms with E-state index >= 15 is 0 Å². The van der Waals surface area contributed by atoms with Crippen LogP contribution in [0.2, 0.25) is 0 Å². The first kappa shape index (κ1) is 18.5. The first-order chi connectivity index (χ1) is 13.2. The molecule has 0 amide bonds. The van der Waals surface area contributed by atoms with Gasteiger partial charge in [-0.3, -0.25) is 0 Å². The lowest BCUT2D eigenvalue weighted by Crippen LogP contribution is -2.04. The quantitative estimate of drug-likeness (QED) is 0.265. The van der Waals surface area contributed by atoms with Crippen molar-refractivity contribution in [3.8, 4) is 0 Å². The van der Waals surface area contributed by atoms with Crippen LogP contribution in [0.3, 0.4) is 0 Å². The summed E-state index contributed by atoms with van der Waals surface area (Å²) in [4.78, 5) is 5.32. The van der Waals surface area contributed by atoms with E-state index in [1.165, 1.54) is 19.6 Å². The van der Waals surface area contributed by atoms with Crippen molar-refractivity contribution in [2.75, 3.05) is 0 Å². The van der Waals surface area contributed by atoms with E-state index in [0.29, 0.717) is 0 Å². The first-order valence-electron chi connectivity index (χ1n) is 8.66. The summed E-state index contributed by atoms with van der Waals surface area (Å²) in [6.45, 7) is 0. The zero-order valence-electron chi connectivity index (χ0n) is 14.6. The maximum Gasteiger partial charge on any atom is 0.0176 e. The highest BCUT2D eigenvalue weighted by atomic mass is 79.9. The average Bonchev–Trinajstić information content (AvgIpc) is 2.73. The molecule has 0 radical (unpaired) electrons. The Balaban J connectivity index is 2.11. The van der Waals surface area contributed by atoms with Gasteiger partial charge >= 0.3 is 0 Å². The zero-order valence-corrected chi connectivity index (χ0v) is 18.5. The summed E-state index contributed by atoms with van der Waals surface area (Å²) in [6, 6.07) is 39.3. The molecule has 0 N–H and O–H groups in total. The molecule has 0 atom stereocenters. The Hall–Kier alpha value is -1.81. The van der Waals surface area contributed by atoms with Crippen molar-refractivity contribution >= 4 is 41.9 Å². The van der Waals surface area contributed by atoms with Crippen LogP contribution in [-0.4, -0.2) is 0 Å². The Morgan fingerprint density at radius 1 is 0.370 bits per heavy atom. The molecule has 4 rings (SSSR count). The normalized spacial score (nSPS) is 11.9. The van der Waals surface area contributed by atoms with Gasteiger partial charge in [0.2, 0.25) is 0 Å². The molecule has 0 aromatic heterocycles. The number of halogens is 2. The third-order valence-electron chi connectivity index (χ3n) is 4.53. The van der Waals surface area contributed by atoms with Gasteiger partial charge in [0.05, 0.1) is 0 Å². The summed E-state index contributed by atoms with van der Waals surface area (Å²) < 4.78 is 2.19. The lowest BCUT2D eigenvalue weighted by Gasteiger charge is -2.42. The molecule has 0 aliphatic carbocycles. The average molecular weight is 498 g/mol. The summed E-state index contributed by atoms with van der Waals surface area (Å²) in [6.07, 6.45) is 0. The molecular weight excluding hydrogens is 480 g/mol. The van der Waals surface area contributed by atoms with Gasteiger partial charge in [0, 0.05) is 28.5 Å². The highest BCUT2D eigenvalue weighted by molar-refractivity contribution is 9.10. The summed E-state index contributed by atoms with van der Waals surface area (Å²) >= 11 is 7.19. The molecule has 0 unspecified atom stereocenters. The molecule has 4 aromatic carbocycles. The van der Waals surface area contributed by atoms with Crippen LogP contribution in [-0.2, 0) is 0 Å². The van der Waals surface area contributed by atoms with Crippen molar-refractivity contribution in [2.45, 2.75) is 19.6 Å². The second kappa shape index (κ2) is 8.05. The minimum atomic E-state index is -1.59. The van der Waals surface area contributed by atoms with Crippen LogP contribution in [0, 0.1) is 0 Å². The van der Waals surface area contributed by atoms with Gasteiger partial charge in [-0.15, -0.1) is 10.0 Å². The molecule has 0 saturated carbocycles. The number of benzene rings is 4. The molecule has 0 nitrogen and oxygen atoms in total. The van der Waals surface area contributed by atoms with E-state index in [2.05, 4.69) is 141 Å². The van der Waals surface area contributed by atoms with Crippen LogP contribution in [0.25, 0.3) is 0 Å². The third-order valence-corrected chi connectivity index (χ3v) is 9.50. The second-order valence-corrected chi connectivity index (χ2v) is 11.1. The van der Waals surface area contributed by atoms with Gasteiger partial charge in [-0.1, -0.05) is 68.3 Å². The Kier molecular flexibility index (Phi) is 5.53. The fourth-order valence-electron chi connectivity index (χ4n) is 3.34. The molecule has 0 aliphatic heterocycles. The predicted octanol–water partition coefficient (Wildman–Crippen LogP) is 8.55. The van der Waals surface area contributed by atoms with Crippen molar-refractivity contribution in [3.05, 3.63) is 118 Å². The van der Waals surface area contributed by atoms with Crippen molar-refractivity contribution in [2.24, 2.45) is 0 Å². The molecule has 0 bridgehead atoms. The van der Waals surface area contributed by atoms with Gasteiger partial charge in [0.1, 0.15) is 0 Å². The topological polar surface area (TPSA) is 0 Å². The molecule has 27 heavy (non-hydrogen) atoms. The van der Waals surface area contributed by atoms with Gasteiger partial charge in [-0.05, 0) is 72.8 Å². The maximum absolute atomic E-state index is 3.59. The predicted molar refractivity (Wildman–Crippen MR) is 122 cm³/mol. The lowest BCUT2D eigenvalue weighted by atomic mass is 10.3. The number of rotatable bonds is 4. The van der Waals surface area contributed by atoms with E-state index in [9.17, 15) is 0 Å². The van der Waals surface area contributed by atoms with Crippen molar-refractivity contribution in [3.63, 3.8) is 0 Å². The van der Waals surface area contributed by atoms with Gasteiger partial charge in [0.15, 0.2) is 0 Å². The smallest absolute Gasteiger partial charge is 0.0176 e. The van der Waals surface area contributed by atoms with E-state index in [1.807, 2.05) is 0 Å². The van der Waals surface area contributed by atoms with Crippen molar-refractivity contribution < 1.29 is 0 Å². The fraction of sp³-hybridized carbons (Fsp3) is 0. The van der Waals surface area contributed by atoms with Crippen molar-refractivity contribution in [1.82, 2.24) is 0 Å². The summed E-state index contributed by atoms with van der Waals surface area (Å²) in [5.41, 5.74) is 0. The van der Waals surface area contributed by atoms with Crippen LogP contribution in [0.1, 0.15) is 0 Å². The van der Waals surface area contributed by atoms with Gasteiger partial charge in [-0.2, -0.15) is 0 Å². The first-order valence-corrected chi connectivity index (χ1v) is 11.9. The van der Waals surface area contributed by atoms with E-state index in [0.717, 1.165) is 8.95 Å². The van der Waals surface area contributed by atoms with Crippen LogP contribution >= 0.6 is 41.9 Å². The number of hydrogen-bond donors (Lipinski definition) is 0. The van der Waals surface area contributed by atoms with Gasteiger partial charge in [0.25, 0.3) is 0 Å². The zero-order chi connectivity index (χ0) is 18.7. The lowest BCUT2D eigenvalue weighted by molar-refractivity contribution is 1.24. The Morgan fingerprint density at radius 2 is 0.667 bits per heavy atom. The van der Waals surface area contributed by atoms with E-state index in [-0.39, 0.29) is 0 Å². The minimum Gasteiger partial charge on any atom is -0.133 e. The van der Waals surface area contributed by atoms with Crippen LogP contribution in [0.15, 0.2) is 138 Å². The molecule has 0 spiro atoms. The van der Waals surface area contributed by atoms with E-state index in [4.69, 9.17) is 0 Å². The Labute approximate surface area is 178 Å². The molecule has 0 aliphatic rings. The second-order valence-electron chi connectivity index (χ2n) is 6.15. The van der Waals surface area contributed by atoms with Crippen LogP contribution < -0.4 is 0 Å². The molecule has 0 heterocycles. The fourth-order valence-corrected chi connectivity index (χ4v) is 7.72. The SMILES string of the molecule is Brc1ccc(S(c2ccccc2)(c2ccccc2)c2ccc(Br)cc2)cc1.